The number of carbonyl (C=O) groups is 3. The van der Waals surface area contributed by atoms with Crippen LogP contribution in [-0.2, 0) is 11.2 Å². The van der Waals surface area contributed by atoms with Crippen LogP contribution >= 0.6 is 0 Å². The van der Waals surface area contributed by atoms with E-state index in [-0.39, 0.29) is 18.4 Å². The second-order valence-electron chi connectivity index (χ2n) is 8.47. The van der Waals surface area contributed by atoms with E-state index in [1.54, 1.807) is 24.3 Å². The Bertz CT molecular complexity index is 1200. The standard InChI is InChI=1S/C27H24N2O4/c1-17-11-12-24-21(15-17)22(13-14-33-24)28-25(30)23(16-18-7-3-2-4-8-18)29-26(31)19-9-5-6-10-20(19)27(29)32/h2-12,15,22-23H,13-14,16H2,1H3,(H,28,30). The summed E-state index contributed by atoms with van der Waals surface area (Å²) in [6.07, 6.45) is 0.852. The summed E-state index contributed by atoms with van der Waals surface area (Å²) in [5.41, 5.74) is 3.52. The first-order valence-electron chi connectivity index (χ1n) is 11.1. The number of carbonyl (C=O) groups excluding carboxylic acids is 3. The van der Waals surface area contributed by atoms with Crippen molar-refractivity contribution in [3.63, 3.8) is 0 Å². The molecular formula is C27H24N2O4. The molecule has 0 radical (unpaired) electrons. The van der Waals surface area contributed by atoms with Gasteiger partial charge in [0.1, 0.15) is 11.8 Å². The second-order valence-corrected chi connectivity index (χ2v) is 8.47. The van der Waals surface area contributed by atoms with Gasteiger partial charge in [0.25, 0.3) is 11.8 Å². The molecule has 2 unspecified atom stereocenters. The molecule has 0 aliphatic carbocycles. The smallest absolute Gasteiger partial charge is 0.262 e. The van der Waals surface area contributed by atoms with Crippen molar-refractivity contribution >= 4 is 17.7 Å². The molecule has 2 atom stereocenters. The first kappa shape index (κ1) is 20.9. The van der Waals surface area contributed by atoms with Gasteiger partial charge >= 0.3 is 0 Å². The molecule has 5 rings (SSSR count). The van der Waals surface area contributed by atoms with Crippen molar-refractivity contribution in [3.8, 4) is 5.75 Å². The van der Waals surface area contributed by atoms with Crippen LogP contribution in [0.4, 0.5) is 0 Å². The van der Waals surface area contributed by atoms with Crippen LogP contribution in [0.25, 0.3) is 0 Å². The van der Waals surface area contributed by atoms with Gasteiger partial charge in [-0.1, -0.05) is 60.2 Å². The fourth-order valence-electron chi connectivity index (χ4n) is 4.56. The van der Waals surface area contributed by atoms with Gasteiger partial charge in [-0.15, -0.1) is 0 Å². The summed E-state index contributed by atoms with van der Waals surface area (Å²) in [5, 5.41) is 3.10. The number of aryl methyl sites for hydroxylation is 1. The Morgan fingerprint density at radius 2 is 1.67 bits per heavy atom. The number of imide groups is 1. The second kappa shape index (κ2) is 8.54. The van der Waals surface area contributed by atoms with Gasteiger partial charge in [0.15, 0.2) is 0 Å². The van der Waals surface area contributed by atoms with Gasteiger partial charge in [-0.3, -0.25) is 19.3 Å². The third-order valence-corrected chi connectivity index (χ3v) is 6.23. The monoisotopic (exact) mass is 440 g/mol. The van der Waals surface area contributed by atoms with E-state index in [0.717, 1.165) is 27.3 Å². The molecule has 2 heterocycles. The third-order valence-electron chi connectivity index (χ3n) is 6.23. The van der Waals surface area contributed by atoms with Crippen LogP contribution in [-0.4, -0.2) is 35.3 Å². The number of hydrogen-bond acceptors (Lipinski definition) is 4. The Balaban J connectivity index is 1.47. The summed E-state index contributed by atoms with van der Waals surface area (Å²) in [5.74, 6) is -0.477. The minimum atomic E-state index is -0.962. The Morgan fingerprint density at radius 1 is 1.00 bits per heavy atom. The molecule has 6 heteroatoms. The maximum absolute atomic E-state index is 13.6. The first-order chi connectivity index (χ1) is 16.0. The van der Waals surface area contributed by atoms with Crippen LogP contribution in [0.2, 0.25) is 0 Å². The molecule has 166 valence electrons. The zero-order valence-electron chi connectivity index (χ0n) is 18.3. The number of benzene rings is 3. The van der Waals surface area contributed by atoms with Gasteiger partial charge in [0.2, 0.25) is 5.91 Å². The lowest BCUT2D eigenvalue weighted by Gasteiger charge is -2.31. The molecule has 0 aromatic heterocycles. The van der Waals surface area contributed by atoms with Crippen molar-refractivity contribution in [2.24, 2.45) is 0 Å². The lowest BCUT2D eigenvalue weighted by molar-refractivity contribution is -0.126. The lowest BCUT2D eigenvalue weighted by atomic mass is 9.97. The maximum Gasteiger partial charge on any atom is 0.262 e. The molecule has 3 aromatic carbocycles. The van der Waals surface area contributed by atoms with E-state index in [0.29, 0.717) is 24.2 Å². The minimum absolute atomic E-state index is 0.238. The largest absolute Gasteiger partial charge is 0.493 e. The number of nitrogens with zero attached hydrogens (tertiary/aromatic N) is 1. The van der Waals surface area contributed by atoms with Crippen molar-refractivity contribution in [1.29, 1.82) is 0 Å². The van der Waals surface area contributed by atoms with E-state index in [9.17, 15) is 14.4 Å². The average molecular weight is 440 g/mol. The Hall–Kier alpha value is -3.93. The molecule has 6 nitrogen and oxygen atoms in total. The lowest BCUT2D eigenvalue weighted by Crippen LogP contribution is -2.51. The summed E-state index contributed by atoms with van der Waals surface area (Å²) >= 11 is 0. The van der Waals surface area contributed by atoms with Crippen LogP contribution < -0.4 is 10.1 Å². The molecule has 0 saturated heterocycles. The average Bonchev–Trinajstić information content (AvgIpc) is 3.08. The topological polar surface area (TPSA) is 75.7 Å². The zero-order valence-corrected chi connectivity index (χ0v) is 18.3. The van der Waals surface area contributed by atoms with Gasteiger partial charge in [-0.25, -0.2) is 0 Å². The number of rotatable bonds is 5. The Morgan fingerprint density at radius 3 is 2.36 bits per heavy atom. The highest BCUT2D eigenvalue weighted by Crippen LogP contribution is 2.33. The fourth-order valence-corrected chi connectivity index (χ4v) is 4.56. The highest BCUT2D eigenvalue weighted by Gasteiger charge is 2.43. The molecule has 1 N–H and O–H groups in total. The van der Waals surface area contributed by atoms with Gasteiger partial charge in [-0.2, -0.15) is 0 Å². The predicted octanol–water partition coefficient (Wildman–Crippen LogP) is 3.84. The summed E-state index contributed by atoms with van der Waals surface area (Å²) in [4.78, 5) is 41.1. The van der Waals surface area contributed by atoms with Crippen molar-refractivity contribution in [3.05, 3.63) is 101 Å². The highest BCUT2D eigenvalue weighted by atomic mass is 16.5. The van der Waals surface area contributed by atoms with Crippen molar-refractivity contribution in [1.82, 2.24) is 10.2 Å². The highest BCUT2D eigenvalue weighted by molar-refractivity contribution is 6.22. The number of fused-ring (bicyclic) bond motifs is 2. The number of amides is 3. The summed E-state index contributed by atoms with van der Waals surface area (Å²) < 4.78 is 5.75. The zero-order chi connectivity index (χ0) is 22.9. The number of hydrogen-bond donors (Lipinski definition) is 1. The van der Waals surface area contributed by atoms with Crippen LogP contribution in [0, 0.1) is 6.92 Å². The molecule has 2 aliphatic rings. The summed E-state index contributed by atoms with van der Waals surface area (Å²) in [6.45, 7) is 2.47. The fraction of sp³-hybridized carbons (Fsp3) is 0.222. The molecule has 2 aliphatic heterocycles. The quantitative estimate of drug-likeness (QED) is 0.612. The summed E-state index contributed by atoms with van der Waals surface area (Å²) in [6, 6.07) is 20.8. The van der Waals surface area contributed by atoms with E-state index in [2.05, 4.69) is 5.32 Å². The molecule has 0 bridgehead atoms. The number of nitrogens with one attached hydrogen (secondary N) is 1. The van der Waals surface area contributed by atoms with Crippen LogP contribution in [0.5, 0.6) is 5.75 Å². The molecule has 0 fully saturated rings. The third kappa shape index (κ3) is 3.89. The molecule has 33 heavy (non-hydrogen) atoms. The van der Waals surface area contributed by atoms with Crippen molar-refractivity contribution in [2.45, 2.75) is 31.8 Å². The molecule has 0 saturated carbocycles. The maximum atomic E-state index is 13.6. The van der Waals surface area contributed by atoms with E-state index in [1.165, 1.54) is 0 Å². The van der Waals surface area contributed by atoms with E-state index < -0.39 is 17.9 Å². The number of ether oxygens (including phenoxy) is 1. The van der Waals surface area contributed by atoms with Crippen LogP contribution in [0.3, 0.4) is 0 Å². The molecular weight excluding hydrogens is 416 g/mol. The van der Waals surface area contributed by atoms with E-state index in [1.807, 2.05) is 55.5 Å². The van der Waals surface area contributed by atoms with E-state index >= 15 is 0 Å². The van der Waals surface area contributed by atoms with E-state index in [4.69, 9.17) is 4.74 Å². The van der Waals surface area contributed by atoms with Crippen molar-refractivity contribution in [2.75, 3.05) is 6.61 Å². The van der Waals surface area contributed by atoms with Crippen LogP contribution in [0.1, 0.15) is 49.9 Å². The molecule has 3 aromatic rings. The van der Waals surface area contributed by atoms with Gasteiger partial charge in [0.05, 0.1) is 23.8 Å². The minimum Gasteiger partial charge on any atom is -0.493 e. The Kier molecular flexibility index (Phi) is 5.42. The van der Waals surface area contributed by atoms with Gasteiger partial charge in [0, 0.05) is 18.4 Å². The normalized spacial score (nSPS) is 17.7. The van der Waals surface area contributed by atoms with Crippen molar-refractivity contribution < 1.29 is 19.1 Å². The summed E-state index contributed by atoms with van der Waals surface area (Å²) in [7, 11) is 0. The first-order valence-corrected chi connectivity index (χ1v) is 11.1. The molecule has 0 spiro atoms. The van der Waals surface area contributed by atoms with Gasteiger partial charge in [-0.05, 0) is 30.7 Å². The SMILES string of the molecule is Cc1ccc2c(c1)C(NC(=O)C(Cc1ccccc1)N1C(=O)c3ccccc3C1=O)CCO2. The van der Waals surface area contributed by atoms with Crippen LogP contribution in [0.15, 0.2) is 72.8 Å². The molecule has 3 amide bonds. The predicted molar refractivity (Wildman–Crippen MR) is 123 cm³/mol. The van der Waals surface area contributed by atoms with Gasteiger partial charge < -0.3 is 10.1 Å². The Labute approximate surface area is 192 Å².